The van der Waals surface area contributed by atoms with Crippen LogP contribution in [0.15, 0.2) is 4.52 Å². The molecule has 0 spiro atoms. The van der Waals surface area contributed by atoms with Crippen molar-refractivity contribution in [3.8, 4) is 0 Å². The average molecular weight is 180 g/mol. The Kier molecular flexibility index (Phi) is 2.36. The average Bonchev–Trinajstić information content (AvgIpc) is 2.67. The summed E-state index contributed by atoms with van der Waals surface area (Å²) >= 11 is 0. The summed E-state index contributed by atoms with van der Waals surface area (Å²) in [7, 11) is 0. The second-order valence-corrected chi connectivity index (χ2v) is 3.69. The van der Waals surface area contributed by atoms with Crippen molar-refractivity contribution in [2.45, 2.75) is 39.2 Å². The number of nitrogens with zero attached hydrogens (tertiary/aromatic N) is 1. The van der Waals surface area contributed by atoms with Crippen LogP contribution in [0.4, 0.5) is 0 Å². The third-order valence-corrected chi connectivity index (χ3v) is 2.72. The number of hydrogen-bond donors (Lipinski definition) is 1. The molecule has 1 unspecified atom stereocenters. The molecule has 2 rings (SSSR count). The van der Waals surface area contributed by atoms with Crippen molar-refractivity contribution in [2.24, 2.45) is 0 Å². The Balaban J connectivity index is 2.15. The number of rotatable bonds is 3. The molecule has 1 atom stereocenters. The molecule has 0 aliphatic heterocycles. The Morgan fingerprint density at radius 2 is 2.46 bits per heavy atom. The molecule has 1 aromatic heterocycles. The van der Waals surface area contributed by atoms with Gasteiger partial charge in [-0.05, 0) is 19.4 Å². The molecule has 3 nitrogen and oxygen atoms in total. The normalized spacial score (nSPS) is 20.6. The summed E-state index contributed by atoms with van der Waals surface area (Å²) in [4.78, 5) is 0. The summed E-state index contributed by atoms with van der Waals surface area (Å²) in [6, 6.07) is 0. The van der Waals surface area contributed by atoms with Gasteiger partial charge in [-0.25, -0.2) is 0 Å². The van der Waals surface area contributed by atoms with Crippen molar-refractivity contribution in [3.63, 3.8) is 0 Å². The fraction of sp³-hybridized carbons (Fsp3) is 0.700. The van der Waals surface area contributed by atoms with Crippen molar-refractivity contribution in [3.05, 3.63) is 17.0 Å². The minimum atomic E-state index is 0.567. The number of nitrogens with one attached hydrogen (secondary N) is 1. The van der Waals surface area contributed by atoms with Crippen molar-refractivity contribution in [1.82, 2.24) is 10.5 Å². The molecular weight excluding hydrogens is 164 g/mol. The van der Waals surface area contributed by atoms with Crippen LogP contribution in [0.3, 0.4) is 0 Å². The van der Waals surface area contributed by atoms with E-state index in [9.17, 15) is 0 Å². The zero-order valence-corrected chi connectivity index (χ0v) is 8.26. The molecule has 0 aromatic carbocycles. The summed E-state index contributed by atoms with van der Waals surface area (Å²) in [5.74, 6) is 1.69. The van der Waals surface area contributed by atoms with Crippen LogP contribution in [0.2, 0.25) is 0 Å². The standard InChI is InChI=1S/C10H16N2O/c1-3-11-6-9-8-5-4-7(2)10(8)13-12-9/h7,11H,3-6H2,1-2H3. The van der Waals surface area contributed by atoms with Crippen molar-refractivity contribution >= 4 is 0 Å². The van der Waals surface area contributed by atoms with Gasteiger partial charge in [-0.3, -0.25) is 0 Å². The van der Waals surface area contributed by atoms with Gasteiger partial charge in [-0.2, -0.15) is 0 Å². The molecule has 13 heavy (non-hydrogen) atoms. The summed E-state index contributed by atoms with van der Waals surface area (Å²) < 4.78 is 5.33. The quantitative estimate of drug-likeness (QED) is 0.771. The second kappa shape index (κ2) is 3.50. The highest BCUT2D eigenvalue weighted by Gasteiger charge is 2.26. The fourth-order valence-corrected chi connectivity index (χ4v) is 1.89. The first-order valence-corrected chi connectivity index (χ1v) is 5.01. The van der Waals surface area contributed by atoms with Gasteiger partial charge in [-0.1, -0.05) is 19.0 Å². The van der Waals surface area contributed by atoms with Crippen LogP contribution in [-0.2, 0) is 13.0 Å². The predicted octanol–water partition coefficient (Wildman–Crippen LogP) is 1.83. The minimum Gasteiger partial charge on any atom is -0.361 e. The van der Waals surface area contributed by atoms with E-state index in [1.165, 1.54) is 12.0 Å². The lowest BCUT2D eigenvalue weighted by Crippen LogP contribution is -2.13. The van der Waals surface area contributed by atoms with E-state index >= 15 is 0 Å². The summed E-state index contributed by atoms with van der Waals surface area (Å²) in [5, 5.41) is 7.36. The highest BCUT2D eigenvalue weighted by atomic mass is 16.5. The molecule has 0 saturated heterocycles. The molecule has 0 amide bonds. The Morgan fingerprint density at radius 3 is 3.23 bits per heavy atom. The third-order valence-electron chi connectivity index (χ3n) is 2.72. The topological polar surface area (TPSA) is 38.1 Å². The molecule has 72 valence electrons. The van der Waals surface area contributed by atoms with Gasteiger partial charge in [0.15, 0.2) is 0 Å². The maximum atomic E-state index is 5.33. The van der Waals surface area contributed by atoms with Gasteiger partial charge in [-0.15, -0.1) is 0 Å². The van der Waals surface area contributed by atoms with Crippen LogP contribution in [-0.4, -0.2) is 11.7 Å². The van der Waals surface area contributed by atoms with Crippen LogP contribution in [0.25, 0.3) is 0 Å². The van der Waals surface area contributed by atoms with Crippen LogP contribution in [0, 0.1) is 0 Å². The Bertz CT molecular complexity index is 293. The van der Waals surface area contributed by atoms with E-state index in [4.69, 9.17) is 4.52 Å². The molecule has 1 aromatic rings. The van der Waals surface area contributed by atoms with Gasteiger partial charge in [0.25, 0.3) is 0 Å². The number of aromatic nitrogens is 1. The van der Waals surface area contributed by atoms with E-state index in [0.29, 0.717) is 5.92 Å². The number of hydrogen-bond acceptors (Lipinski definition) is 3. The first-order chi connectivity index (χ1) is 6.33. The van der Waals surface area contributed by atoms with E-state index in [1.54, 1.807) is 0 Å². The highest BCUT2D eigenvalue weighted by molar-refractivity contribution is 5.30. The lowest BCUT2D eigenvalue weighted by Gasteiger charge is -1.97. The Morgan fingerprint density at radius 1 is 1.62 bits per heavy atom. The molecule has 1 aliphatic rings. The van der Waals surface area contributed by atoms with Crippen LogP contribution in [0.1, 0.15) is 43.2 Å². The number of fused-ring (bicyclic) bond motifs is 1. The van der Waals surface area contributed by atoms with E-state index in [0.717, 1.165) is 31.0 Å². The zero-order valence-electron chi connectivity index (χ0n) is 8.26. The third kappa shape index (κ3) is 1.48. The van der Waals surface area contributed by atoms with E-state index in [-0.39, 0.29) is 0 Å². The maximum absolute atomic E-state index is 5.33. The van der Waals surface area contributed by atoms with Gasteiger partial charge in [0.05, 0.1) is 0 Å². The van der Waals surface area contributed by atoms with E-state index < -0.39 is 0 Å². The predicted molar refractivity (Wildman–Crippen MR) is 50.6 cm³/mol. The van der Waals surface area contributed by atoms with Gasteiger partial charge in [0, 0.05) is 18.0 Å². The zero-order chi connectivity index (χ0) is 9.26. The monoisotopic (exact) mass is 180 g/mol. The first-order valence-electron chi connectivity index (χ1n) is 5.01. The van der Waals surface area contributed by atoms with Gasteiger partial charge < -0.3 is 9.84 Å². The van der Waals surface area contributed by atoms with E-state index in [2.05, 4.69) is 24.3 Å². The molecule has 0 radical (unpaired) electrons. The van der Waals surface area contributed by atoms with E-state index in [1.807, 2.05) is 0 Å². The minimum absolute atomic E-state index is 0.567. The second-order valence-electron chi connectivity index (χ2n) is 3.69. The van der Waals surface area contributed by atoms with Crippen molar-refractivity contribution < 1.29 is 4.52 Å². The Hall–Kier alpha value is -0.830. The molecule has 0 bridgehead atoms. The van der Waals surface area contributed by atoms with Gasteiger partial charge in [0.1, 0.15) is 11.5 Å². The fourth-order valence-electron chi connectivity index (χ4n) is 1.89. The van der Waals surface area contributed by atoms with Crippen molar-refractivity contribution in [1.29, 1.82) is 0 Å². The summed E-state index contributed by atoms with van der Waals surface area (Å²) in [5.41, 5.74) is 2.47. The molecule has 1 N–H and O–H groups in total. The molecule has 3 heteroatoms. The summed E-state index contributed by atoms with van der Waals surface area (Å²) in [6.07, 6.45) is 2.36. The molecule has 1 heterocycles. The van der Waals surface area contributed by atoms with Crippen LogP contribution in [0.5, 0.6) is 0 Å². The lowest BCUT2D eigenvalue weighted by atomic mass is 10.1. The van der Waals surface area contributed by atoms with Gasteiger partial charge >= 0.3 is 0 Å². The van der Waals surface area contributed by atoms with Crippen molar-refractivity contribution in [2.75, 3.05) is 6.54 Å². The highest BCUT2D eigenvalue weighted by Crippen LogP contribution is 2.34. The van der Waals surface area contributed by atoms with Crippen LogP contribution >= 0.6 is 0 Å². The summed E-state index contributed by atoms with van der Waals surface area (Å²) in [6.45, 7) is 6.14. The molecule has 0 saturated carbocycles. The lowest BCUT2D eigenvalue weighted by molar-refractivity contribution is 0.361. The largest absolute Gasteiger partial charge is 0.361 e. The van der Waals surface area contributed by atoms with Gasteiger partial charge in [0.2, 0.25) is 0 Å². The first kappa shape index (κ1) is 8.75. The molecule has 0 fully saturated rings. The van der Waals surface area contributed by atoms with Crippen LogP contribution < -0.4 is 5.32 Å². The maximum Gasteiger partial charge on any atom is 0.143 e. The Labute approximate surface area is 78.5 Å². The molecular formula is C10H16N2O. The smallest absolute Gasteiger partial charge is 0.143 e. The molecule has 1 aliphatic carbocycles. The SMILES string of the molecule is CCNCc1noc2c1CCC2C.